The van der Waals surface area contributed by atoms with Crippen LogP contribution in [0.15, 0.2) is 24.3 Å². The summed E-state index contributed by atoms with van der Waals surface area (Å²) in [4.78, 5) is 20.9. The molecule has 24 heavy (non-hydrogen) atoms. The largest absolute Gasteiger partial charge is 0.351 e. The number of carbonyl (C=O) groups excluding carboxylic acids is 1. The molecule has 0 bridgehead atoms. The first-order chi connectivity index (χ1) is 11.6. The number of hydrogen-bond acceptors (Lipinski definition) is 6. The molecule has 2 heterocycles. The van der Waals surface area contributed by atoms with E-state index in [1.54, 1.807) is 0 Å². The topological polar surface area (TPSA) is 61.4 Å². The SMILES string of the molecule is CN(C)c1nsc(-c2ccc(C(=O)NCCN3CCCC3)cc2)n1. The van der Waals surface area contributed by atoms with Crippen molar-refractivity contribution in [3.8, 4) is 10.6 Å². The van der Waals surface area contributed by atoms with Crippen LogP contribution in [0.4, 0.5) is 5.95 Å². The first-order valence-electron chi connectivity index (χ1n) is 8.25. The summed E-state index contributed by atoms with van der Waals surface area (Å²) in [5.41, 5.74) is 1.66. The van der Waals surface area contributed by atoms with E-state index in [0.29, 0.717) is 18.1 Å². The fraction of sp³-hybridized carbons (Fsp3) is 0.471. The zero-order valence-electron chi connectivity index (χ0n) is 14.2. The maximum Gasteiger partial charge on any atom is 0.251 e. The van der Waals surface area contributed by atoms with Crippen LogP contribution in [0.25, 0.3) is 10.6 Å². The van der Waals surface area contributed by atoms with Crippen molar-refractivity contribution in [1.29, 1.82) is 0 Å². The number of benzene rings is 1. The minimum atomic E-state index is -0.0213. The van der Waals surface area contributed by atoms with Crippen molar-refractivity contribution in [2.75, 3.05) is 45.2 Å². The fourth-order valence-corrected chi connectivity index (χ4v) is 3.45. The zero-order valence-corrected chi connectivity index (χ0v) is 15.0. The lowest BCUT2D eigenvalue weighted by molar-refractivity contribution is 0.0950. The first kappa shape index (κ1) is 16.9. The van der Waals surface area contributed by atoms with Crippen molar-refractivity contribution in [3.63, 3.8) is 0 Å². The van der Waals surface area contributed by atoms with Gasteiger partial charge < -0.3 is 15.1 Å². The van der Waals surface area contributed by atoms with Gasteiger partial charge in [-0.2, -0.15) is 9.36 Å². The van der Waals surface area contributed by atoms with Crippen LogP contribution >= 0.6 is 11.5 Å². The average molecular weight is 345 g/mol. The van der Waals surface area contributed by atoms with Crippen molar-refractivity contribution in [2.24, 2.45) is 0 Å². The third-order valence-corrected chi connectivity index (χ3v) is 4.88. The average Bonchev–Trinajstić information content (AvgIpc) is 3.26. The van der Waals surface area contributed by atoms with Crippen LogP contribution in [-0.2, 0) is 0 Å². The Morgan fingerprint density at radius 3 is 2.58 bits per heavy atom. The molecule has 0 atom stereocenters. The molecule has 1 aromatic heterocycles. The van der Waals surface area contributed by atoms with E-state index in [1.807, 2.05) is 43.3 Å². The van der Waals surface area contributed by atoms with Gasteiger partial charge in [-0.1, -0.05) is 12.1 Å². The molecule has 1 aromatic carbocycles. The highest BCUT2D eigenvalue weighted by Gasteiger charge is 2.12. The molecule has 1 aliphatic rings. The second kappa shape index (κ2) is 7.72. The number of carbonyl (C=O) groups is 1. The monoisotopic (exact) mass is 345 g/mol. The Bertz CT molecular complexity index is 677. The highest BCUT2D eigenvalue weighted by molar-refractivity contribution is 7.09. The van der Waals surface area contributed by atoms with E-state index in [9.17, 15) is 4.79 Å². The van der Waals surface area contributed by atoms with Crippen molar-refractivity contribution < 1.29 is 4.79 Å². The highest BCUT2D eigenvalue weighted by atomic mass is 32.1. The lowest BCUT2D eigenvalue weighted by Gasteiger charge is -2.14. The first-order valence-corrected chi connectivity index (χ1v) is 9.03. The Morgan fingerprint density at radius 1 is 1.25 bits per heavy atom. The molecule has 1 aliphatic heterocycles. The van der Waals surface area contributed by atoms with Gasteiger partial charge >= 0.3 is 0 Å². The third-order valence-electron chi connectivity index (χ3n) is 4.12. The van der Waals surface area contributed by atoms with Gasteiger partial charge in [-0.15, -0.1) is 0 Å². The quantitative estimate of drug-likeness (QED) is 0.869. The summed E-state index contributed by atoms with van der Waals surface area (Å²) >= 11 is 1.36. The molecule has 2 aromatic rings. The van der Waals surface area contributed by atoms with Crippen molar-refractivity contribution in [3.05, 3.63) is 29.8 Å². The Balaban J connectivity index is 1.55. The van der Waals surface area contributed by atoms with Gasteiger partial charge in [0.05, 0.1) is 0 Å². The number of aromatic nitrogens is 2. The summed E-state index contributed by atoms with van der Waals surface area (Å²) in [7, 11) is 3.84. The number of nitrogens with one attached hydrogen (secondary N) is 1. The number of likely N-dealkylation sites (tertiary alicyclic amines) is 1. The molecule has 1 saturated heterocycles. The van der Waals surface area contributed by atoms with Crippen LogP contribution in [0.2, 0.25) is 0 Å². The second-order valence-electron chi connectivity index (χ2n) is 6.18. The van der Waals surface area contributed by atoms with Crippen LogP contribution < -0.4 is 10.2 Å². The Kier molecular flexibility index (Phi) is 5.42. The summed E-state index contributed by atoms with van der Waals surface area (Å²) in [6, 6.07) is 7.54. The number of rotatable bonds is 6. The van der Waals surface area contributed by atoms with E-state index in [-0.39, 0.29) is 5.91 Å². The van der Waals surface area contributed by atoms with Gasteiger partial charge in [-0.05, 0) is 49.6 Å². The van der Waals surface area contributed by atoms with Gasteiger partial charge in [-0.3, -0.25) is 4.79 Å². The van der Waals surface area contributed by atoms with Crippen molar-refractivity contribution >= 4 is 23.4 Å². The van der Waals surface area contributed by atoms with E-state index in [0.717, 1.165) is 30.2 Å². The molecular formula is C17H23N5OS. The number of amides is 1. The van der Waals surface area contributed by atoms with Gasteiger partial charge in [0.25, 0.3) is 5.91 Å². The lowest BCUT2D eigenvalue weighted by Crippen LogP contribution is -2.33. The molecule has 0 unspecified atom stereocenters. The lowest BCUT2D eigenvalue weighted by atomic mass is 10.1. The van der Waals surface area contributed by atoms with E-state index in [2.05, 4.69) is 19.6 Å². The Labute approximate surface area is 146 Å². The molecule has 1 amide bonds. The molecule has 6 nitrogen and oxygen atoms in total. The molecule has 1 fully saturated rings. The van der Waals surface area contributed by atoms with Crippen molar-refractivity contribution in [2.45, 2.75) is 12.8 Å². The normalized spacial score (nSPS) is 14.8. The molecule has 3 rings (SSSR count). The van der Waals surface area contributed by atoms with Crippen molar-refractivity contribution in [1.82, 2.24) is 19.6 Å². The predicted octanol–water partition coefficient (Wildman–Crippen LogP) is 2.10. The molecular weight excluding hydrogens is 322 g/mol. The van der Waals surface area contributed by atoms with Crippen LogP contribution in [-0.4, -0.2) is 60.4 Å². The van der Waals surface area contributed by atoms with E-state index in [4.69, 9.17) is 0 Å². The van der Waals surface area contributed by atoms with Gasteiger partial charge in [0.1, 0.15) is 5.01 Å². The maximum atomic E-state index is 12.2. The van der Waals surface area contributed by atoms with Gasteiger partial charge in [0.2, 0.25) is 5.95 Å². The summed E-state index contributed by atoms with van der Waals surface area (Å²) in [5.74, 6) is 0.686. The smallest absolute Gasteiger partial charge is 0.251 e. The predicted molar refractivity (Wildman–Crippen MR) is 97.7 cm³/mol. The van der Waals surface area contributed by atoms with Gasteiger partial charge in [0.15, 0.2) is 0 Å². The van der Waals surface area contributed by atoms with E-state index < -0.39 is 0 Å². The second-order valence-corrected chi connectivity index (χ2v) is 6.93. The van der Waals surface area contributed by atoms with Gasteiger partial charge in [0, 0.05) is 38.3 Å². The number of hydrogen-bond donors (Lipinski definition) is 1. The van der Waals surface area contributed by atoms with Crippen LogP contribution in [0.1, 0.15) is 23.2 Å². The fourth-order valence-electron chi connectivity index (χ4n) is 2.71. The third kappa shape index (κ3) is 4.10. The van der Waals surface area contributed by atoms with Crippen LogP contribution in [0.5, 0.6) is 0 Å². The number of anilines is 1. The molecule has 1 N–H and O–H groups in total. The van der Waals surface area contributed by atoms with Crippen LogP contribution in [0, 0.1) is 0 Å². The standard InChI is InChI=1S/C17H23N5OS/c1-21(2)17-19-16(24-20-17)14-7-5-13(6-8-14)15(23)18-9-12-22-10-3-4-11-22/h5-8H,3-4,9-12H2,1-2H3,(H,18,23). The molecule has 128 valence electrons. The maximum absolute atomic E-state index is 12.2. The Hall–Kier alpha value is -1.99. The van der Waals surface area contributed by atoms with Gasteiger partial charge in [-0.25, -0.2) is 0 Å². The zero-order chi connectivity index (χ0) is 16.9. The molecule has 7 heteroatoms. The summed E-state index contributed by atoms with van der Waals surface area (Å²) in [5, 5.41) is 3.85. The summed E-state index contributed by atoms with van der Waals surface area (Å²) in [6.45, 7) is 3.94. The van der Waals surface area contributed by atoms with E-state index >= 15 is 0 Å². The summed E-state index contributed by atoms with van der Waals surface area (Å²) in [6.07, 6.45) is 2.55. The highest BCUT2D eigenvalue weighted by Crippen LogP contribution is 2.24. The Morgan fingerprint density at radius 2 is 1.96 bits per heavy atom. The minimum Gasteiger partial charge on any atom is -0.351 e. The minimum absolute atomic E-state index is 0.0213. The number of nitrogens with zero attached hydrogens (tertiary/aromatic N) is 4. The summed E-state index contributed by atoms with van der Waals surface area (Å²) < 4.78 is 4.30. The van der Waals surface area contributed by atoms with E-state index in [1.165, 1.54) is 24.4 Å². The molecule has 0 aliphatic carbocycles. The molecule has 0 spiro atoms. The molecule has 0 radical (unpaired) electrons. The molecule has 0 saturated carbocycles. The van der Waals surface area contributed by atoms with Crippen LogP contribution in [0.3, 0.4) is 0 Å².